The Hall–Kier alpha value is -6.26. The summed E-state index contributed by atoms with van der Waals surface area (Å²) in [5.74, 6) is 0. The second-order valence-electron chi connectivity index (χ2n) is 24.8. The normalized spacial score (nSPS) is 18.0. The molecular formula is C65H67BN2O. The molecule has 4 aliphatic rings. The van der Waals surface area contributed by atoms with Crippen LogP contribution in [0.5, 0.6) is 0 Å². The van der Waals surface area contributed by atoms with Crippen LogP contribution in [0.25, 0.3) is 44.3 Å². The van der Waals surface area contributed by atoms with E-state index in [0.717, 1.165) is 41.9 Å². The number of furan rings is 1. The van der Waals surface area contributed by atoms with Crippen LogP contribution < -0.4 is 20.8 Å². The van der Waals surface area contributed by atoms with Crippen LogP contribution in [0.4, 0.5) is 28.4 Å². The molecule has 8 aromatic rings. The van der Waals surface area contributed by atoms with Crippen LogP contribution in [0.3, 0.4) is 0 Å². The predicted octanol–water partition coefficient (Wildman–Crippen LogP) is 16.8. The lowest BCUT2D eigenvalue weighted by Gasteiger charge is -2.46. The number of anilines is 5. The molecule has 0 spiro atoms. The van der Waals surface area contributed by atoms with Crippen molar-refractivity contribution in [3.8, 4) is 33.4 Å². The molecule has 3 nitrogen and oxygen atoms in total. The summed E-state index contributed by atoms with van der Waals surface area (Å²) in [5, 5.41) is 1.18. The Kier molecular flexibility index (Phi) is 9.48. The SMILES string of the molecule is Cc1cc2c3c(c1)N(c1ccc(C(C)(C)C)cc1-c1ccccc1)c1c(oc4cc5c(cc14)C(C)(C)CCC5(C)C)B3N(c1ccc3c(c1)C(C)(C)CCC3(C)C)c1cc(-c3ccccc3)ccc1-2. The number of hydrogen-bond donors (Lipinski definition) is 0. The topological polar surface area (TPSA) is 19.6 Å². The lowest BCUT2D eigenvalue weighted by Crippen LogP contribution is -2.61. The fraction of sp³-hybridized carbons (Fsp3) is 0.323. The first-order valence-electron chi connectivity index (χ1n) is 25.6. The predicted molar refractivity (Wildman–Crippen MR) is 295 cm³/mol. The maximum absolute atomic E-state index is 7.76. The van der Waals surface area contributed by atoms with Crippen molar-refractivity contribution in [2.45, 2.75) is 136 Å². The Balaban J connectivity index is 1.23. The first-order valence-corrected chi connectivity index (χ1v) is 25.6. The number of benzene rings is 7. The third kappa shape index (κ3) is 6.75. The molecule has 2 aliphatic carbocycles. The lowest BCUT2D eigenvalue weighted by molar-refractivity contribution is 0.332. The van der Waals surface area contributed by atoms with Crippen molar-refractivity contribution < 1.29 is 4.42 Å². The summed E-state index contributed by atoms with van der Waals surface area (Å²) in [6.07, 6.45) is 4.61. The molecular weight excluding hydrogens is 836 g/mol. The zero-order valence-electron chi connectivity index (χ0n) is 43.0. The molecule has 7 aromatic carbocycles. The zero-order chi connectivity index (χ0) is 48.2. The molecule has 0 saturated heterocycles. The van der Waals surface area contributed by atoms with Crippen LogP contribution in [0.1, 0.15) is 135 Å². The van der Waals surface area contributed by atoms with E-state index in [9.17, 15) is 0 Å². The Morgan fingerprint density at radius 1 is 0.493 bits per heavy atom. The average Bonchev–Trinajstić information content (AvgIpc) is 3.70. The van der Waals surface area contributed by atoms with Crippen molar-refractivity contribution in [1.29, 1.82) is 0 Å². The Morgan fingerprint density at radius 2 is 1.10 bits per heavy atom. The fourth-order valence-corrected chi connectivity index (χ4v) is 12.8. The summed E-state index contributed by atoms with van der Waals surface area (Å²) in [7, 11) is 0. The molecule has 0 unspecified atom stereocenters. The highest BCUT2D eigenvalue weighted by Crippen LogP contribution is 2.55. The van der Waals surface area contributed by atoms with Crippen molar-refractivity contribution in [2.75, 3.05) is 9.71 Å². The second-order valence-corrected chi connectivity index (χ2v) is 24.8. The van der Waals surface area contributed by atoms with E-state index in [2.05, 4.69) is 232 Å². The molecule has 4 heteroatoms. The summed E-state index contributed by atoms with van der Waals surface area (Å²) >= 11 is 0. The Labute approximate surface area is 411 Å². The summed E-state index contributed by atoms with van der Waals surface area (Å²) in [4.78, 5) is 5.29. The van der Waals surface area contributed by atoms with Gasteiger partial charge in [-0.1, -0.05) is 167 Å². The van der Waals surface area contributed by atoms with E-state index < -0.39 is 0 Å². The molecule has 346 valence electrons. The van der Waals surface area contributed by atoms with Crippen molar-refractivity contribution in [1.82, 2.24) is 0 Å². The largest absolute Gasteiger partial charge is 0.466 e. The molecule has 0 atom stereocenters. The smallest absolute Gasteiger partial charge is 0.375 e. The molecule has 0 fully saturated rings. The Morgan fingerprint density at radius 3 is 1.75 bits per heavy atom. The van der Waals surface area contributed by atoms with Crippen LogP contribution in [-0.2, 0) is 27.1 Å². The van der Waals surface area contributed by atoms with Gasteiger partial charge in [-0.3, -0.25) is 0 Å². The number of fused-ring (bicyclic) bond motifs is 8. The standard InChI is InChI=1S/C65H67BN2O/c1-40-33-48-46-26-23-43(41-19-15-13-16-20-41)35-55(46)68(45-25-27-50-51(37-45)63(7,8)30-29-62(50,5)6)66-58(48)56(34-40)67(54-28-24-44(61(2,3)4)36-47(54)42-21-17-14-18-22-42)59-49-38-52-53(39-57(49)69-60(59)66)65(11,12)32-31-64(52,9)10/h13-28,33-39H,29-32H2,1-12H3. The van der Waals surface area contributed by atoms with Crippen molar-refractivity contribution >= 4 is 57.4 Å². The molecule has 0 N–H and O–H groups in total. The van der Waals surface area contributed by atoms with Gasteiger partial charge in [-0.05, 0) is 169 Å². The molecule has 1 aromatic heterocycles. The van der Waals surface area contributed by atoms with Crippen LogP contribution >= 0.6 is 0 Å². The average molecular weight is 903 g/mol. The summed E-state index contributed by atoms with van der Waals surface area (Å²) < 4.78 is 7.76. The third-order valence-corrected chi connectivity index (χ3v) is 17.2. The van der Waals surface area contributed by atoms with E-state index in [0.29, 0.717) is 0 Å². The fourth-order valence-electron chi connectivity index (χ4n) is 12.8. The number of nitrogens with zero attached hydrogens (tertiary/aromatic N) is 2. The monoisotopic (exact) mass is 903 g/mol. The van der Waals surface area contributed by atoms with Gasteiger partial charge in [0.2, 0.25) is 0 Å². The van der Waals surface area contributed by atoms with Gasteiger partial charge in [0.05, 0.1) is 11.4 Å². The van der Waals surface area contributed by atoms with Gasteiger partial charge in [-0.2, -0.15) is 0 Å². The van der Waals surface area contributed by atoms with E-state index in [1.165, 1.54) is 101 Å². The first-order chi connectivity index (χ1) is 32.7. The molecule has 12 rings (SSSR count). The summed E-state index contributed by atoms with van der Waals surface area (Å²) in [6, 6.07) is 53.7. The molecule has 0 bridgehead atoms. The summed E-state index contributed by atoms with van der Waals surface area (Å²) in [5.41, 5.74) is 25.0. The van der Waals surface area contributed by atoms with Crippen LogP contribution in [0.2, 0.25) is 0 Å². The van der Waals surface area contributed by atoms with Crippen LogP contribution in [0.15, 0.2) is 144 Å². The molecule has 3 heterocycles. The third-order valence-electron chi connectivity index (χ3n) is 17.2. The second kappa shape index (κ2) is 14.9. The van der Waals surface area contributed by atoms with Crippen LogP contribution in [-0.4, -0.2) is 6.85 Å². The highest BCUT2D eigenvalue weighted by Gasteiger charge is 2.50. The van der Waals surface area contributed by atoms with Gasteiger partial charge < -0.3 is 14.1 Å². The van der Waals surface area contributed by atoms with Crippen molar-refractivity contribution in [3.63, 3.8) is 0 Å². The van der Waals surface area contributed by atoms with Gasteiger partial charge in [0, 0.05) is 33.6 Å². The van der Waals surface area contributed by atoms with Gasteiger partial charge in [0.25, 0.3) is 0 Å². The molecule has 0 amide bonds. The zero-order valence-corrected chi connectivity index (χ0v) is 43.0. The highest BCUT2D eigenvalue weighted by molar-refractivity contribution is 6.93. The van der Waals surface area contributed by atoms with Crippen LogP contribution in [0, 0.1) is 6.92 Å². The van der Waals surface area contributed by atoms with E-state index in [4.69, 9.17) is 4.42 Å². The minimum Gasteiger partial charge on any atom is -0.466 e. The van der Waals surface area contributed by atoms with E-state index >= 15 is 0 Å². The van der Waals surface area contributed by atoms with Gasteiger partial charge >= 0.3 is 6.85 Å². The minimum absolute atomic E-state index is 0.0152. The van der Waals surface area contributed by atoms with Crippen molar-refractivity contribution in [3.05, 3.63) is 173 Å². The molecule has 2 aliphatic heterocycles. The lowest BCUT2D eigenvalue weighted by atomic mass is 9.45. The van der Waals surface area contributed by atoms with Gasteiger partial charge in [0.15, 0.2) is 0 Å². The first kappa shape index (κ1) is 44.0. The van der Waals surface area contributed by atoms with Gasteiger partial charge in [-0.15, -0.1) is 0 Å². The number of rotatable bonds is 4. The maximum atomic E-state index is 7.76. The van der Waals surface area contributed by atoms with E-state index in [1.807, 2.05) is 0 Å². The Bertz CT molecular complexity index is 3400. The molecule has 0 radical (unpaired) electrons. The quantitative estimate of drug-likeness (QED) is 0.164. The van der Waals surface area contributed by atoms with Crippen molar-refractivity contribution in [2.24, 2.45) is 0 Å². The van der Waals surface area contributed by atoms with Gasteiger partial charge in [-0.25, -0.2) is 0 Å². The molecule has 0 saturated carbocycles. The van der Waals surface area contributed by atoms with Gasteiger partial charge in [0.1, 0.15) is 11.2 Å². The maximum Gasteiger partial charge on any atom is 0.375 e. The number of aryl methyl sites for hydroxylation is 1. The molecule has 69 heavy (non-hydrogen) atoms. The minimum atomic E-state index is -0.252. The summed E-state index contributed by atoms with van der Waals surface area (Å²) in [6.45, 7) is 28.5. The van der Waals surface area contributed by atoms with E-state index in [1.54, 1.807) is 0 Å². The highest BCUT2D eigenvalue weighted by atomic mass is 16.3. The van der Waals surface area contributed by atoms with E-state index in [-0.39, 0.29) is 33.9 Å². The number of hydrogen-bond acceptors (Lipinski definition) is 3.